The minimum Gasteiger partial charge on any atom is -0.455 e. The summed E-state index contributed by atoms with van der Waals surface area (Å²) >= 11 is 1.94. The maximum absolute atomic E-state index is 7.03. The maximum Gasteiger partial charge on any atom is 0.343 e. The molecular formula is C51H39BN2OS. The van der Waals surface area contributed by atoms with Crippen LogP contribution >= 0.6 is 11.3 Å². The molecule has 0 unspecified atom stereocenters. The highest BCUT2D eigenvalue weighted by Gasteiger charge is 2.52. The largest absolute Gasteiger partial charge is 0.455 e. The van der Waals surface area contributed by atoms with Gasteiger partial charge in [0.2, 0.25) is 0 Å². The number of nitrogens with zero attached hydrogens (tertiary/aromatic N) is 2. The van der Waals surface area contributed by atoms with Crippen molar-refractivity contribution < 1.29 is 4.42 Å². The lowest BCUT2D eigenvalue weighted by atomic mass is 9.45. The lowest BCUT2D eigenvalue weighted by molar-refractivity contribution is 0.590. The van der Waals surface area contributed by atoms with E-state index in [9.17, 15) is 0 Å². The van der Waals surface area contributed by atoms with Gasteiger partial charge in [-0.1, -0.05) is 144 Å². The Morgan fingerprint density at radius 3 is 2.18 bits per heavy atom. The Hall–Kier alpha value is -6.04. The molecule has 5 heterocycles. The Labute approximate surface area is 331 Å². The van der Waals surface area contributed by atoms with Crippen LogP contribution in [0.5, 0.6) is 0 Å². The van der Waals surface area contributed by atoms with Crippen molar-refractivity contribution in [3.05, 3.63) is 162 Å². The number of anilines is 5. The molecule has 268 valence electrons. The van der Waals surface area contributed by atoms with Crippen LogP contribution in [0, 0.1) is 0 Å². The Morgan fingerprint density at radius 2 is 1.34 bits per heavy atom. The van der Waals surface area contributed by atoms with Crippen molar-refractivity contribution in [2.45, 2.75) is 45.4 Å². The first-order valence-electron chi connectivity index (χ1n) is 19.7. The minimum absolute atomic E-state index is 0.0140. The molecule has 0 aliphatic carbocycles. The lowest BCUT2D eigenvalue weighted by Gasteiger charge is -2.50. The van der Waals surface area contributed by atoms with E-state index in [0.717, 1.165) is 21.9 Å². The highest BCUT2D eigenvalue weighted by molar-refractivity contribution is 7.32. The van der Waals surface area contributed by atoms with Crippen LogP contribution < -0.4 is 20.0 Å². The molecule has 56 heavy (non-hydrogen) atoms. The summed E-state index contributed by atoms with van der Waals surface area (Å²) in [6, 6.07) is 54.2. The number of fused-ring (bicyclic) bond motifs is 12. The van der Waals surface area contributed by atoms with E-state index in [4.69, 9.17) is 4.42 Å². The van der Waals surface area contributed by atoms with Crippen LogP contribution in [0.1, 0.15) is 51.3 Å². The van der Waals surface area contributed by atoms with Crippen molar-refractivity contribution >= 4 is 88.9 Å². The van der Waals surface area contributed by atoms with Crippen LogP contribution in [0.25, 0.3) is 54.3 Å². The molecule has 0 saturated heterocycles. The summed E-state index contributed by atoms with van der Waals surface area (Å²) in [6.45, 7) is 11.6. The van der Waals surface area contributed by atoms with Gasteiger partial charge in [-0.3, -0.25) is 0 Å². The molecule has 7 aromatic carbocycles. The van der Waals surface area contributed by atoms with Crippen molar-refractivity contribution in [2.24, 2.45) is 0 Å². The van der Waals surface area contributed by atoms with Crippen LogP contribution in [0.2, 0.25) is 0 Å². The van der Waals surface area contributed by atoms with Gasteiger partial charge in [-0.15, -0.1) is 11.3 Å². The standard InChI is InChI=1S/C51H39BN2OS/c1-50(2,3)31-26-27-39(35(28-31)30-16-7-6-8-17-30)53-41-29-36-32-18-9-13-24-42(32)55-48(36)44-34-20-15-22-38-46(34)54(40-23-12-11-21-37(40)51(38,4)5)52(45(41)44)49-47(53)33-19-10-14-25-43(33)56-49/h6-29H,1-5H3. The van der Waals surface area contributed by atoms with Crippen LogP contribution in [0.4, 0.5) is 28.4 Å². The van der Waals surface area contributed by atoms with Gasteiger partial charge in [-0.05, 0) is 69.5 Å². The highest BCUT2D eigenvalue weighted by Crippen LogP contribution is 2.58. The van der Waals surface area contributed by atoms with Crippen LogP contribution in [0.3, 0.4) is 0 Å². The van der Waals surface area contributed by atoms with Crippen LogP contribution in [-0.4, -0.2) is 6.85 Å². The lowest BCUT2D eigenvalue weighted by Crippen LogP contribution is -2.62. The molecule has 9 aromatic rings. The first-order valence-corrected chi connectivity index (χ1v) is 20.5. The Kier molecular flexibility index (Phi) is 6.36. The molecule has 0 saturated carbocycles. The van der Waals surface area contributed by atoms with E-state index < -0.39 is 0 Å². The third kappa shape index (κ3) is 4.13. The van der Waals surface area contributed by atoms with Crippen LogP contribution in [-0.2, 0) is 10.8 Å². The SMILES string of the molecule is CC(C)(C)c1ccc(N2c3cc4c(oc5ccccc54)c4c3B(c3sc5ccccc5c32)N2c3ccccc3C(C)(C)c3cccc-4c32)c(-c2ccccc2)c1. The summed E-state index contributed by atoms with van der Waals surface area (Å²) in [5.74, 6) is 0. The number of hydrogen-bond donors (Lipinski definition) is 0. The third-order valence-corrected chi connectivity index (χ3v) is 14.0. The molecule has 0 amide bonds. The number of benzene rings is 7. The van der Waals surface area contributed by atoms with Gasteiger partial charge in [0.15, 0.2) is 0 Å². The fraction of sp³-hybridized carbons (Fsp3) is 0.137. The van der Waals surface area contributed by atoms with Crippen molar-refractivity contribution in [3.63, 3.8) is 0 Å². The smallest absolute Gasteiger partial charge is 0.343 e. The highest BCUT2D eigenvalue weighted by atomic mass is 32.1. The molecule has 0 fully saturated rings. The van der Waals surface area contributed by atoms with E-state index in [1.54, 1.807) is 0 Å². The van der Waals surface area contributed by atoms with Gasteiger partial charge in [-0.25, -0.2) is 0 Å². The zero-order chi connectivity index (χ0) is 37.7. The molecule has 5 heteroatoms. The maximum atomic E-state index is 7.03. The van der Waals surface area contributed by atoms with Gasteiger partial charge in [0.05, 0.1) is 11.4 Å². The molecule has 0 spiro atoms. The van der Waals surface area contributed by atoms with E-state index >= 15 is 0 Å². The van der Waals surface area contributed by atoms with Gasteiger partial charge in [0, 0.05) is 64.8 Å². The Balaban J connectivity index is 1.29. The molecule has 3 aliphatic rings. The van der Waals surface area contributed by atoms with Crippen molar-refractivity contribution in [1.82, 2.24) is 0 Å². The van der Waals surface area contributed by atoms with E-state index in [0.29, 0.717) is 0 Å². The molecule has 12 rings (SSSR count). The molecule has 0 radical (unpaired) electrons. The van der Waals surface area contributed by atoms with Crippen molar-refractivity contribution in [1.29, 1.82) is 0 Å². The van der Waals surface area contributed by atoms with Crippen LogP contribution in [0.15, 0.2) is 150 Å². The summed E-state index contributed by atoms with van der Waals surface area (Å²) in [5.41, 5.74) is 18.1. The summed E-state index contributed by atoms with van der Waals surface area (Å²) in [5, 5.41) is 3.57. The van der Waals surface area contributed by atoms with E-state index in [1.165, 1.54) is 87.7 Å². The second kappa shape index (κ2) is 11.1. The van der Waals surface area contributed by atoms with Gasteiger partial charge >= 0.3 is 6.85 Å². The normalized spacial score (nSPS) is 14.9. The number of rotatable bonds is 2. The van der Waals surface area contributed by atoms with E-state index in [2.05, 4.69) is 190 Å². The summed E-state index contributed by atoms with van der Waals surface area (Å²) in [6.07, 6.45) is 0. The predicted octanol–water partition coefficient (Wildman–Crippen LogP) is 13.1. The topological polar surface area (TPSA) is 19.6 Å². The second-order valence-electron chi connectivity index (χ2n) is 17.3. The van der Waals surface area contributed by atoms with Crippen molar-refractivity contribution in [2.75, 3.05) is 9.71 Å². The summed E-state index contributed by atoms with van der Waals surface area (Å²) < 4.78 is 9.67. The molecule has 0 N–H and O–H groups in total. The molecule has 3 nitrogen and oxygen atoms in total. The first-order chi connectivity index (χ1) is 27.2. The molecule has 0 bridgehead atoms. The average Bonchev–Trinajstić information content (AvgIpc) is 3.79. The zero-order valence-electron chi connectivity index (χ0n) is 32.1. The minimum atomic E-state index is -0.191. The van der Waals surface area contributed by atoms with Crippen molar-refractivity contribution in [3.8, 4) is 22.3 Å². The van der Waals surface area contributed by atoms with Gasteiger partial charge in [-0.2, -0.15) is 0 Å². The Bertz CT molecular complexity index is 3130. The Morgan fingerprint density at radius 1 is 0.607 bits per heavy atom. The van der Waals surface area contributed by atoms with Gasteiger partial charge in [0.1, 0.15) is 11.2 Å². The fourth-order valence-electron chi connectivity index (χ4n) is 10.1. The average molecular weight is 739 g/mol. The number of para-hydroxylation sites is 3. The summed E-state index contributed by atoms with van der Waals surface area (Å²) in [4.78, 5) is 5.31. The third-order valence-electron chi connectivity index (χ3n) is 12.8. The second-order valence-corrected chi connectivity index (χ2v) is 18.4. The van der Waals surface area contributed by atoms with Gasteiger partial charge < -0.3 is 14.1 Å². The van der Waals surface area contributed by atoms with E-state index in [1.807, 2.05) is 11.3 Å². The number of thiophene rings is 1. The quantitative estimate of drug-likeness (QED) is 0.165. The molecule has 2 aromatic heterocycles. The molecule has 3 aliphatic heterocycles. The molecular weight excluding hydrogens is 699 g/mol. The number of furan rings is 1. The molecule has 0 atom stereocenters. The van der Waals surface area contributed by atoms with Gasteiger partial charge in [0.25, 0.3) is 0 Å². The number of hydrogen-bond acceptors (Lipinski definition) is 4. The summed E-state index contributed by atoms with van der Waals surface area (Å²) in [7, 11) is 0. The van der Waals surface area contributed by atoms with E-state index in [-0.39, 0.29) is 17.7 Å². The zero-order valence-corrected chi connectivity index (χ0v) is 33.0. The predicted molar refractivity (Wildman–Crippen MR) is 239 cm³/mol. The first kappa shape index (κ1) is 32.2. The fourth-order valence-corrected chi connectivity index (χ4v) is 11.4. The monoisotopic (exact) mass is 738 g/mol.